The number of alkyl halides is 3. The summed E-state index contributed by atoms with van der Waals surface area (Å²) in [6.45, 7) is 2.93. The first-order chi connectivity index (χ1) is 19.9. The Balaban J connectivity index is 0.00000368. The van der Waals surface area contributed by atoms with Crippen molar-refractivity contribution < 1.29 is 31.5 Å². The van der Waals surface area contributed by atoms with Crippen LogP contribution in [0.2, 0.25) is 0 Å². The number of carbonyl (C=O) groups is 1. The number of anilines is 1. The van der Waals surface area contributed by atoms with Gasteiger partial charge in [-0.05, 0) is 66.3 Å². The van der Waals surface area contributed by atoms with Crippen LogP contribution in [0.5, 0.6) is 0 Å². The van der Waals surface area contributed by atoms with E-state index in [0.717, 1.165) is 29.4 Å². The molecule has 43 heavy (non-hydrogen) atoms. The van der Waals surface area contributed by atoms with Crippen LogP contribution >= 0.6 is 13.5 Å². The molecule has 1 N–H and O–H groups in total. The predicted molar refractivity (Wildman–Crippen MR) is 156 cm³/mol. The number of hydrogen-bond donors (Lipinski definition) is 1. The van der Waals surface area contributed by atoms with Gasteiger partial charge in [-0.15, -0.1) is 10.2 Å². The van der Waals surface area contributed by atoms with Crippen LogP contribution in [-0.2, 0) is 27.5 Å². The molecular formula is C28H29F3N6O4S2. The summed E-state index contributed by atoms with van der Waals surface area (Å²) in [7, 11) is -3.89. The molecule has 0 spiro atoms. The van der Waals surface area contributed by atoms with E-state index in [-0.39, 0.29) is 49.6 Å². The summed E-state index contributed by atoms with van der Waals surface area (Å²) in [4.78, 5) is 18.5. The SMILES string of the molecule is Cc1ccc(C(CC(=O)O)c2ccn3c(C(F)(F)F)nnc3c2)cc1CN1C[C@@H]2CCCN2c2ncccc2S1(=O)=O.S. The highest BCUT2D eigenvalue weighted by atomic mass is 32.2. The predicted octanol–water partition coefficient (Wildman–Crippen LogP) is 4.34. The van der Waals surface area contributed by atoms with Crippen molar-refractivity contribution in [3.8, 4) is 0 Å². The molecule has 1 unspecified atom stereocenters. The van der Waals surface area contributed by atoms with Crippen LogP contribution in [0.25, 0.3) is 5.65 Å². The fraction of sp³-hybridized carbons (Fsp3) is 0.357. The molecule has 4 aromatic rings. The van der Waals surface area contributed by atoms with Crippen LogP contribution in [0.15, 0.2) is 59.8 Å². The zero-order valence-electron chi connectivity index (χ0n) is 23.0. The van der Waals surface area contributed by atoms with Crippen LogP contribution in [0.1, 0.15) is 53.3 Å². The lowest BCUT2D eigenvalue weighted by Gasteiger charge is -2.26. The Morgan fingerprint density at radius 1 is 1.14 bits per heavy atom. The number of aliphatic carboxylic acids is 1. The van der Waals surface area contributed by atoms with Gasteiger partial charge in [-0.3, -0.25) is 9.20 Å². The van der Waals surface area contributed by atoms with Crippen molar-refractivity contribution >= 4 is 41.0 Å². The van der Waals surface area contributed by atoms with Gasteiger partial charge in [0.1, 0.15) is 10.7 Å². The minimum Gasteiger partial charge on any atom is -0.481 e. The third kappa shape index (κ3) is 5.68. The molecule has 1 aromatic carbocycles. The van der Waals surface area contributed by atoms with Crippen LogP contribution in [0.3, 0.4) is 0 Å². The van der Waals surface area contributed by atoms with Gasteiger partial charge >= 0.3 is 12.1 Å². The van der Waals surface area contributed by atoms with E-state index in [1.807, 2.05) is 6.92 Å². The third-order valence-corrected chi connectivity index (χ3v) is 9.86. The van der Waals surface area contributed by atoms with Crippen molar-refractivity contribution in [1.29, 1.82) is 0 Å². The van der Waals surface area contributed by atoms with Crippen molar-refractivity contribution in [2.45, 2.75) is 55.8 Å². The Labute approximate surface area is 252 Å². The lowest BCUT2D eigenvalue weighted by atomic mass is 9.87. The highest BCUT2D eigenvalue weighted by Gasteiger charge is 2.40. The molecular weight excluding hydrogens is 605 g/mol. The molecule has 0 bridgehead atoms. The molecule has 2 aliphatic rings. The van der Waals surface area contributed by atoms with E-state index in [0.29, 0.717) is 22.5 Å². The maximum Gasteiger partial charge on any atom is 0.452 e. The molecule has 15 heteroatoms. The number of sulfonamides is 1. The zero-order chi connectivity index (χ0) is 29.8. The normalized spacial score (nSPS) is 18.9. The zero-order valence-corrected chi connectivity index (χ0v) is 24.8. The van der Waals surface area contributed by atoms with E-state index in [1.54, 1.807) is 36.5 Å². The van der Waals surface area contributed by atoms with Crippen LogP contribution < -0.4 is 4.90 Å². The first kappa shape index (κ1) is 30.8. The van der Waals surface area contributed by atoms with Crippen molar-refractivity contribution in [2.24, 2.45) is 0 Å². The maximum absolute atomic E-state index is 13.8. The number of benzene rings is 1. The quantitative estimate of drug-likeness (QED) is 0.333. The number of carboxylic acid groups (broad SMARTS) is 1. The van der Waals surface area contributed by atoms with Gasteiger partial charge in [-0.25, -0.2) is 13.4 Å². The van der Waals surface area contributed by atoms with E-state index >= 15 is 0 Å². The number of nitrogens with zero attached hydrogens (tertiary/aromatic N) is 6. The molecule has 0 saturated carbocycles. The van der Waals surface area contributed by atoms with Crippen LogP contribution in [0.4, 0.5) is 19.0 Å². The van der Waals surface area contributed by atoms with Gasteiger partial charge in [0.25, 0.3) is 0 Å². The largest absolute Gasteiger partial charge is 0.481 e. The fourth-order valence-electron chi connectivity index (χ4n) is 5.91. The Bertz CT molecular complexity index is 1800. The molecule has 2 aliphatic heterocycles. The summed E-state index contributed by atoms with van der Waals surface area (Å²) < 4.78 is 69.9. The molecule has 228 valence electrons. The number of fused-ring (bicyclic) bond motifs is 4. The van der Waals surface area contributed by atoms with E-state index in [1.165, 1.54) is 22.6 Å². The Hall–Kier alpha value is -3.69. The van der Waals surface area contributed by atoms with Gasteiger partial charge in [-0.1, -0.05) is 18.2 Å². The summed E-state index contributed by atoms with van der Waals surface area (Å²) in [6, 6.07) is 11.3. The number of rotatable bonds is 6. The fourth-order valence-corrected chi connectivity index (χ4v) is 7.52. The molecule has 1 saturated heterocycles. The molecule has 2 atom stereocenters. The van der Waals surface area contributed by atoms with E-state index in [9.17, 15) is 31.5 Å². The highest BCUT2D eigenvalue weighted by Crippen LogP contribution is 2.37. The van der Waals surface area contributed by atoms with Gasteiger partial charge in [-0.2, -0.15) is 31.0 Å². The monoisotopic (exact) mass is 634 g/mol. The number of aryl methyl sites for hydroxylation is 1. The van der Waals surface area contributed by atoms with Crippen molar-refractivity contribution in [3.05, 3.63) is 82.9 Å². The smallest absolute Gasteiger partial charge is 0.452 e. The minimum absolute atomic E-state index is 0. The maximum atomic E-state index is 13.8. The molecule has 6 rings (SSSR count). The second kappa shape index (κ2) is 11.4. The Morgan fingerprint density at radius 3 is 2.65 bits per heavy atom. The molecule has 3 aromatic heterocycles. The van der Waals surface area contributed by atoms with Crippen LogP contribution in [0, 0.1) is 6.92 Å². The van der Waals surface area contributed by atoms with Gasteiger partial charge < -0.3 is 10.0 Å². The van der Waals surface area contributed by atoms with E-state index in [4.69, 9.17) is 0 Å². The lowest BCUT2D eigenvalue weighted by Crippen LogP contribution is -2.39. The Kier molecular flexibility index (Phi) is 8.17. The van der Waals surface area contributed by atoms with Gasteiger partial charge in [0.05, 0.1) is 6.42 Å². The molecule has 0 aliphatic carbocycles. The molecule has 10 nitrogen and oxygen atoms in total. The van der Waals surface area contributed by atoms with Crippen molar-refractivity contribution in [3.63, 3.8) is 0 Å². The van der Waals surface area contributed by atoms with Crippen molar-refractivity contribution in [1.82, 2.24) is 23.9 Å². The Morgan fingerprint density at radius 2 is 1.91 bits per heavy atom. The highest BCUT2D eigenvalue weighted by molar-refractivity contribution is 7.89. The van der Waals surface area contributed by atoms with Crippen LogP contribution in [-0.4, -0.2) is 62.5 Å². The van der Waals surface area contributed by atoms with Gasteiger partial charge in [0.15, 0.2) is 5.65 Å². The van der Waals surface area contributed by atoms with E-state index in [2.05, 4.69) is 20.1 Å². The molecule has 1 fully saturated rings. The average Bonchev–Trinajstić information content (AvgIpc) is 3.57. The summed E-state index contributed by atoms with van der Waals surface area (Å²) >= 11 is 0. The summed E-state index contributed by atoms with van der Waals surface area (Å²) in [6.07, 6.45) is -0.496. The third-order valence-electron chi connectivity index (χ3n) is 8.02. The summed E-state index contributed by atoms with van der Waals surface area (Å²) in [5, 5.41) is 16.6. The standard InChI is InChI=1S/C28H27F3N6O4S.H2S/c1-17-6-7-18(22(14-25(38)39)19-8-11-37-24(13-19)33-34-27(37)28(29,30)31)12-20(17)15-35-16-21-4-3-10-36(21)26-23(42(35,40)41)5-2-9-32-26;/h2,5-9,11-13,21-22H,3-4,10,14-16H2,1H3,(H,38,39);1H2/t21-,22?;/m0./s1. The topological polar surface area (TPSA) is 121 Å². The first-order valence-electron chi connectivity index (χ1n) is 13.4. The first-order valence-corrected chi connectivity index (χ1v) is 14.8. The van der Waals surface area contributed by atoms with Gasteiger partial charge in [0.2, 0.25) is 15.8 Å². The number of hydrogen-bond acceptors (Lipinski definition) is 7. The molecule has 5 heterocycles. The minimum atomic E-state index is -4.70. The number of carboxylic acids is 1. The van der Waals surface area contributed by atoms with Gasteiger partial charge in [0, 0.05) is 44.0 Å². The number of aromatic nitrogens is 4. The molecule has 0 amide bonds. The second-order valence-corrected chi connectivity index (χ2v) is 12.6. The number of pyridine rings is 2. The average molecular weight is 635 g/mol. The summed E-state index contributed by atoms with van der Waals surface area (Å²) in [5.41, 5.74) is 2.50. The second-order valence-electron chi connectivity index (χ2n) is 10.7. The number of halogens is 3. The van der Waals surface area contributed by atoms with E-state index < -0.39 is 33.9 Å². The van der Waals surface area contributed by atoms with Crippen molar-refractivity contribution in [2.75, 3.05) is 18.0 Å². The molecule has 0 radical (unpaired) electrons. The summed E-state index contributed by atoms with van der Waals surface area (Å²) in [5.74, 6) is -2.53. The lowest BCUT2D eigenvalue weighted by molar-refractivity contribution is -0.145.